The van der Waals surface area contributed by atoms with Gasteiger partial charge in [-0.25, -0.2) is 4.39 Å². The van der Waals surface area contributed by atoms with Gasteiger partial charge in [0.25, 0.3) is 0 Å². The molecule has 0 aliphatic carbocycles. The molecule has 1 aromatic heterocycles. The molecule has 0 spiro atoms. The highest BCUT2D eigenvalue weighted by molar-refractivity contribution is 9.10. The molecule has 0 aliphatic rings. The molecule has 2 nitrogen and oxygen atoms in total. The topological polar surface area (TPSA) is 36.7 Å². The van der Waals surface area contributed by atoms with E-state index in [9.17, 15) is 4.39 Å². The number of alkyl halides is 1. The lowest BCUT2D eigenvalue weighted by molar-refractivity contribution is 0.594. The van der Waals surface area contributed by atoms with Gasteiger partial charge in [-0.15, -0.1) is 0 Å². The molecule has 0 amide bonds. The molecule has 1 atom stereocenters. The Labute approximate surface area is 92.0 Å². The van der Waals surface area contributed by atoms with Crippen LogP contribution in [0.5, 0.6) is 0 Å². The van der Waals surface area contributed by atoms with Crippen LogP contribution in [0.1, 0.15) is 11.6 Å². The van der Waals surface area contributed by atoms with Crippen LogP contribution in [0.4, 0.5) is 4.39 Å². The minimum atomic E-state index is -0.534. The summed E-state index contributed by atoms with van der Waals surface area (Å²) < 4.78 is 13.8. The van der Waals surface area contributed by atoms with Gasteiger partial charge in [-0.3, -0.25) is 4.98 Å². The van der Waals surface area contributed by atoms with Gasteiger partial charge in [0.05, 0.1) is 11.8 Å². The number of hydrogen-bond acceptors (Lipinski definition) is 2. The largest absolute Gasteiger partial charge is 0.256 e. The second kappa shape index (κ2) is 4.68. The summed E-state index contributed by atoms with van der Waals surface area (Å²) in [5, 5.41) is 9.06. The lowest BCUT2D eigenvalue weighted by Gasteiger charge is -2.05. The smallest absolute Gasteiger partial charge is 0.147 e. The highest BCUT2D eigenvalue weighted by Crippen LogP contribution is 2.20. The minimum absolute atomic E-state index is 0.183. The van der Waals surface area contributed by atoms with Crippen LogP contribution in [-0.4, -0.2) is 10.3 Å². The van der Waals surface area contributed by atoms with E-state index in [0.717, 1.165) is 0 Å². The van der Waals surface area contributed by atoms with Gasteiger partial charge in [0.1, 0.15) is 11.7 Å². The number of nitrogens with zero attached hydrogens (tertiary/aromatic N) is 2. The van der Waals surface area contributed by atoms with Gasteiger partial charge in [-0.1, -0.05) is 15.9 Å². The quantitative estimate of drug-likeness (QED) is 0.788. The standard InChI is InChI=1S/C8H5Br2FN2/c9-2-5(3-12)8-7(11)1-6(10)4-13-8/h1,4-5H,2H2. The molecular formula is C8H5Br2FN2. The van der Waals surface area contributed by atoms with Gasteiger partial charge < -0.3 is 0 Å². The zero-order chi connectivity index (χ0) is 9.84. The van der Waals surface area contributed by atoms with Gasteiger partial charge in [0.2, 0.25) is 0 Å². The highest BCUT2D eigenvalue weighted by Gasteiger charge is 2.15. The van der Waals surface area contributed by atoms with Gasteiger partial charge in [0.15, 0.2) is 0 Å². The molecule has 0 fully saturated rings. The Kier molecular flexibility index (Phi) is 3.82. The third kappa shape index (κ3) is 2.48. The van der Waals surface area contributed by atoms with Crippen LogP contribution in [-0.2, 0) is 0 Å². The summed E-state index contributed by atoms with van der Waals surface area (Å²) in [6.45, 7) is 0. The molecule has 0 N–H and O–H groups in total. The van der Waals surface area contributed by atoms with Crippen molar-refractivity contribution in [2.75, 3.05) is 5.33 Å². The van der Waals surface area contributed by atoms with Gasteiger partial charge in [-0.2, -0.15) is 5.26 Å². The number of pyridine rings is 1. The average Bonchev–Trinajstić information content (AvgIpc) is 2.10. The van der Waals surface area contributed by atoms with Crippen LogP contribution in [0.2, 0.25) is 0 Å². The van der Waals surface area contributed by atoms with Gasteiger partial charge in [-0.05, 0) is 22.0 Å². The summed E-state index contributed by atoms with van der Waals surface area (Å²) in [6, 6.07) is 3.26. The molecular weight excluding hydrogens is 303 g/mol. The van der Waals surface area contributed by atoms with Crippen LogP contribution < -0.4 is 0 Å². The summed E-state index contributed by atoms with van der Waals surface area (Å²) in [7, 11) is 0. The molecule has 0 aliphatic heterocycles. The number of hydrogen-bond donors (Lipinski definition) is 0. The highest BCUT2D eigenvalue weighted by atomic mass is 79.9. The molecule has 0 bridgehead atoms. The number of rotatable bonds is 2. The van der Waals surface area contributed by atoms with Gasteiger partial charge >= 0.3 is 0 Å². The molecule has 0 radical (unpaired) electrons. The first kappa shape index (κ1) is 10.6. The molecule has 68 valence electrons. The third-order valence-electron chi connectivity index (χ3n) is 1.48. The Balaban J connectivity index is 3.09. The first-order valence-corrected chi connectivity index (χ1v) is 5.37. The van der Waals surface area contributed by atoms with E-state index in [4.69, 9.17) is 5.26 Å². The van der Waals surface area contributed by atoms with E-state index in [1.54, 1.807) is 0 Å². The van der Waals surface area contributed by atoms with Gasteiger partial charge in [0, 0.05) is 16.0 Å². The van der Waals surface area contributed by atoms with Crippen LogP contribution in [0.15, 0.2) is 16.7 Å². The van der Waals surface area contributed by atoms with Crippen LogP contribution in [0, 0.1) is 17.1 Å². The normalized spacial score (nSPS) is 12.2. The number of aromatic nitrogens is 1. The summed E-state index contributed by atoms with van der Waals surface area (Å²) in [6.07, 6.45) is 1.48. The SMILES string of the molecule is N#CC(CBr)c1ncc(Br)cc1F. The molecule has 13 heavy (non-hydrogen) atoms. The van der Waals surface area contributed by atoms with Crippen LogP contribution in [0.25, 0.3) is 0 Å². The van der Waals surface area contributed by atoms with Crippen molar-refractivity contribution in [1.29, 1.82) is 5.26 Å². The van der Waals surface area contributed by atoms with Crippen molar-refractivity contribution in [3.05, 3.63) is 28.2 Å². The zero-order valence-corrected chi connectivity index (χ0v) is 9.64. The fourth-order valence-electron chi connectivity index (χ4n) is 0.850. The summed E-state index contributed by atoms with van der Waals surface area (Å²) in [5.41, 5.74) is 0.183. The molecule has 0 aromatic carbocycles. The zero-order valence-electron chi connectivity index (χ0n) is 6.47. The predicted octanol–water partition coefficient (Wildman–Crippen LogP) is 2.99. The maximum Gasteiger partial charge on any atom is 0.147 e. The maximum absolute atomic E-state index is 13.2. The first-order valence-electron chi connectivity index (χ1n) is 3.45. The third-order valence-corrected chi connectivity index (χ3v) is 2.56. The molecule has 1 rings (SSSR count). The molecule has 5 heteroatoms. The van der Waals surface area contributed by atoms with Crippen molar-refractivity contribution >= 4 is 31.9 Å². The lowest BCUT2D eigenvalue weighted by atomic mass is 10.1. The Hall–Kier alpha value is -0.470. The van der Waals surface area contributed by atoms with Crippen molar-refractivity contribution in [3.8, 4) is 6.07 Å². The molecule has 0 saturated heterocycles. The summed E-state index contributed by atoms with van der Waals surface area (Å²) in [4.78, 5) is 3.85. The fourth-order valence-corrected chi connectivity index (χ4v) is 1.61. The monoisotopic (exact) mass is 306 g/mol. The number of nitriles is 1. The van der Waals surface area contributed by atoms with E-state index in [0.29, 0.717) is 9.80 Å². The fraction of sp³-hybridized carbons (Fsp3) is 0.250. The second-order valence-corrected chi connectivity index (χ2v) is 3.92. The Morgan fingerprint density at radius 3 is 2.85 bits per heavy atom. The summed E-state index contributed by atoms with van der Waals surface area (Å²) in [5.74, 6) is -0.992. The van der Waals surface area contributed by atoms with Crippen molar-refractivity contribution < 1.29 is 4.39 Å². The van der Waals surface area contributed by atoms with Crippen LogP contribution in [0.3, 0.4) is 0 Å². The van der Waals surface area contributed by atoms with E-state index in [1.807, 2.05) is 6.07 Å². The lowest BCUT2D eigenvalue weighted by Crippen LogP contribution is -2.03. The molecule has 1 heterocycles. The minimum Gasteiger partial charge on any atom is -0.256 e. The maximum atomic E-state index is 13.2. The summed E-state index contributed by atoms with van der Waals surface area (Å²) >= 11 is 6.22. The Bertz CT molecular complexity index is 348. The molecule has 1 unspecified atom stereocenters. The van der Waals surface area contributed by atoms with Crippen molar-refractivity contribution in [2.24, 2.45) is 0 Å². The van der Waals surface area contributed by atoms with E-state index in [-0.39, 0.29) is 5.69 Å². The predicted molar refractivity (Wildman–Crippen MR) is 54.0 cm³/mol. The van der Waals surface area contributed by atoms with Crippen molar-refractivity contribution in [2.45, 2.75) is 5.92 Å². The van der Waals surface area contributed by atoms with Crippen LogP contribution >= 0.6 is 31.9 Å². The Morgan fingerprint density at radius 2 is 2.38 bits per heavy atom. The molecule has 1 aromatic rings. The van der Waals surface area contributed by atoms with Crippen molar-refractivity contribution in [1.82, 2.24) is 4.98 Å². The van der Waals surface area contributed by atoms with E-state index in [2.05, 4.69) is 36.8 Å². The first-order chi connectivity index (χ1) is 6.19. The number of halogens is 3. The molecule has 0 saturated carbocycles. The van der Waals surface area contributed by atoms with E-state index in [1.165, 1.54) is 12.3 Å². The second-order valence-electron chi connectivity index (χ2n) is 2.36. The van der Waals surface area contributed by atoms with E-state index >= 15 is 0 Å². The van der Waals surface area contributed by atoms with E-state index < -0.39 is 11.7 Å². The van der Waals surface area contributed by atoms with Crippen molar-refractivity contribution in [3.63, 3.8) is 0 Å². The Morgan fingerprint density at radius 1 is 1.69 bits per heavy atom. The average molecular weight is 308 g/mol.